The van der Waals surface area contributed by atoms with E-state index >= 15 is 0 Å². The van der Waals surface area contributed by atoms with Gasteiger partial charge in [0.2, 0.25) is 0 Å². The summed E-state index contributed by atoms with van der Waals surface area (Å²) in [6.07, 6.45) is 0.810. The van der Waals surface area contributed by atoms with Gasteiger partial charge in [-0.05, 0) is 47.0 Å². The molecule has 1 nitrogen and oxygen atoms in total. The number of nitrogens with one attached hydrogen (secondary N) is 1. The fourth-order valence-electron chi connectivity index (χ4n) is 2.34. The highest BCUT2D eigenvalue weighted by molar-refractivity contribution is 5.85. The second-order valence-electron chi connectivity index (χ2n) is 4.87. The van der Waals surface area contributed by atoms with Crippen LogP contribution in [0.1, 0.15) is 5.56 Å². The molecule has 2 heteroatoms. The Morgan fingerprint density at radius 3 is 2.50 bits per heavy atom. The lowest BCUT2D eigenvalue weighted by Gasteiger charge is -2.08. The van der Waals surface area contributed by atoms with Crippen LogP contribution in [0.2, 0.25) is 0 Å². The van der Waals surface area contributed by atoms with Crippen LogP contribution in [0.5, 0.6) is 0 Å². The van der Waals surface area contributed by atoms with Crippen LogP contribution in [0.3, 0.4) is 0 Å². The van der Waals surface area contributed by atoms with E-state index in [1.54, 1.807) is 12.1 Å². The van der Waals surface area contributed by atoms with Gasteiger partial charge >= 0.3 is 0 Å². The van der Waals surface area contributed by atoms with E-state index in [0.29, 0.717) is 0 Å². The van der Waals surface area contributed by atoms with Crippen molar-refractivity contribution in [1.82, 2.24) is 0 Å². The van der Waals surface area contributed by atoms with Crippen molar-refractivity contribution in [2.75, 3.05) is 11.9 Å². The van der Waals surface area contributed by atoms with E-state index < -0.39 is 0 Å². The van der Waals surface area contributed by atoms with Crippen molar-refractivity contribution in [2.45, 2.75) is 6.42 Å². The molecule has 0 saturated heterocycles. The Bertz CT molecular complexity index is 721. The molecule has 0 aliphatic heterocycles. The third-order valence-corrected chi connectivity index (χ3v) is 3.38. The van der Waals surface area contributed by atoms with Crippen LogP contribution in [0, 0.1) is 5.82 Å². The predicted octanol–water partition coefficient (Wildman–Crippen LogP) is 4.63. The van der Waals surface area contributed by atoms with Gasteiger partial charge in [0.25, 0.3) is 0 Å². The minimum Gasteiger partial charge on any atom is -0.385 e. The highest BCUT2D eigenvalue weighted by Crippen LogP contribution is 2.18. The molecule has 20 heavy (non-hydrogen) atoms. The summed E-state index contributed by atoms with van der Waals surface area (Å²) in [6.45, 7) is 0.793. The number of hydrogen-bond acceptors (Lipinski definition) is 1. The minimum absolute atomic E-state index is 0.173. The molecular formula is C18H16FN. The third-order valence-electron chi connectivity index (χ3n) is 3.38. The van der Waals surface area contributed by atoms with Crippen molar-refractivity contribution in [3.8, 4) is 0 Å². The van der Waals surface area contributed by atoms with Crippen LogP contribution in [-0.2, 0) is 6.42 Å². The number of fused-ring (bicyclic) bond motifs is 1. The molecule has 0 bridgehead atoms. The van der Waals surface area contributed by atoms with E-state index in [2.05, 4.69) is 35.6 Å². The Labute approximate surface area is 118 Å². The zero-order chi connectivity index (χ0) is 13.8. The van der Waals surface area contributed by atoms with Crippen LogP contribution in [0.15, 0.2) is 66.7 Å². The van der Waals surface area contributed by atoms with Crippen LogP contribution in [0.25, 0.3) is 10.8 Å². The molecule has 0 spiro atoms. The minimum atomic E-state index is -0.173. The summed E-state index contributed by atoms with van der Waals surface area (Å²) in [4.78, 5) is 0. The SMILES string of the molecule is Fc1cccc(CCNc2ccc3ccccc3c2)c1. The number of benzene rings is 3. The standard InChI is InChI=1S/C18H16FN/c19-17-7-3-4-14(12-17)10-11-20-18-9-8-15-5-1-2-6-16(15)13-18/h1-9,12-13,20H,10-11H2. The molecule has 0 heterocycles. The van der Waals surface area contributed by atoms with Crippen LogP contribution in [-0.4, -0.2) is 6.54 Å². The lowest BCUT2D eigenvalue weighted by molar-refractivity contribution is 0.625. The molecule has 0 amide bonds. The van der Waals surface area contributed by atoms with Gasteiger partial charge in [0, 0.05) is 12.2 Å². The molecule has 3 aromatic rings. The molecular weight excluding hydrogens is 249 g/mol. The maximum Gasteiger partial charge on any atom is 0.123 e. The third kappa shape index (κ3) is 2.97. The first-order valence-electron chi connectivity index (χ1n) is 6.78. The molecule has 3 aromatic carbocycles. The van der Waals surface area contributed by atoms with Gasteiger partial charge in [-0.15, -0.1) is 0 Å². The highest BCUT2D eigenvalue weighted by atomic mass is 19.1. The summed E-state index contributed by atoms with van der Waals surface area (Å²) in [5.74, 6) is -0.173. The Morgan fingerprint density at radius 2 is 1.65 bits per heavy atom. The van der Waals surface area contributed by atoms with E-state index in [9.17, 15) is 4.39 Å². The van der Waals surface area contributed by atoms with Crippen molar-refractivity contribution in [3.05, 3.63) is 78.1 Å². The highest BCUT2D eigenvalue weighted by Gasteiger charge is 1.97. The van der Waals surface area contributed by atoms with Crippen LogP contribution < -0.4 is 5.32 Å². The monoisotopic (exact) mass is 265 g/mol. The summed E-state index contributed by atoms with van der Waals surface area (Å²) in [5, 5.41) is 5.85. The second kappa shape index (κ2) is 5.74. The fraction of sp³-hybridized carbons (Fsp3) is 0.111. The lowest BCUT2D eigenvalue weighted by Crippen LogP contribution is -2.04. The second-order valence-corrected chi connectivity index (χ2v) is 4.87. The molecule has 0 atom stereocenters. The molecule has 0 fully saturated rings. The summed E-state index contributed by atoms with van der Waals surface area (Å²) in [6, 6.07) is 21.4. The maximum absolute atomic E-state index is 13.1. The summed E-state index contributed by atoms with van der Waals surface area (Å²) < 4.78 is 13.1. The first kappa shape index (κ1) is 12.7. The van der Waals surface area contributed by atoms with Crippen molar-refractivity contribution in [2.24, 2.45) is 0 Å². The summed E-state index contributed by atoms with van der Waals surface area (Å²) >= 11 is 0. The molecule has 0 aliphatic carbocycles. The van der Waals surface area contributed by atoms with E-state index in [4.69, 9.17) is 0 Å². The smallest absolute Gasteiger partial charge is 0.123 e. The zero-order valence-electron chi connectivity index (χ0n) is 11.1. The fourth-order valence-corrected chi connectivity index (χ4v) is 2.34. The maximum atomic E-state index is 13.1. The lowest BCUT2D eigenvalue weighted by atomic mass is 10.1. The van der Waals surface area contributed by atoms with Crippen molar-refractivity contribution >= 4 is 16.5 Å². The molecule has 0 radical (unpaired) electrons. The van der Waals surface area contributed by atoms with Gasteiger partial charge in [-0.3, -0.25) is 0 Å². The van der Waals surface area contributed by atoms with E-state index in [1.165, 1.54) is 16.8 Å². The molecule has 1 N–H and O–H groups in total. The van der Waals surface area contributed by atoms with Gasteiger partial charge < -0.3 is 5.32 Å². The first-order valence-corrected chi connectivity index (χ1v) is 6.78. The van der Waals surface area contributed by atoms with Gasteiger partial charge in [-0.2, -0.15) is 0 Å². The first-order chi connectivity index (χ1) is 9.81. The van der Waals surface area contributed by atoms with Gasteiger partial charge in [-0.1, -0.05) is 42.5 Å². The number of hydrogen-bond donors (Lipinski definition) is 1. The topological polar surface area (TPSA) is 12.0 Å². The van der Waals surface area contributed by atoms with Gasteiger partial charge in [0.15, 0.2) is 0 Å². The molecule has 0 saturated carbocycles. The van der Waals surface area contributed by atoms with Crippen molar-refractivity contribution in [3.63, 3.8) is 0 Å². The average Bonchev–Trinajstić information content (AvgIpc) is 2.47. The number of anilines is 1. The van der Waals surface area contributed by atoms with E-state index in [0.717, 1.165) is 24.2 Å². The van der Waals surface area contributed by atoms with Crippen molar-refractivity contribution in [1.29, 1.82) is 0 Å². The van der Waals surface area contributed by atoms with E-state index in [-0.39, 0.29) is 5.82 Å². The van der Waals surface area contributed by atoms with Crippen LogP contribution in [0.4, 0.5) is 10.1 Å². The molecule has 3 rings (SSSR count). The molecule has 100 valence electrons. The molecule has 0 aliphatic rings. The largest absolute Gasteiger partial charge is 0.385 e. The summed E-state index contributed by atoms with van der Waals surface area (Å²) in [5.41, 5.74) is 2.11. The Balaban J connectivity index is 1.65. The van der Waals surface area contributed by atoms with Crippen LogP contribution >= 0.6 is 0 Å². The molecule has 0 aromatic heterocycles. The number of halogens is 1. The van der Waals surface area contributed by atoms with Gasteiger partial charge in [-0.25, -0.2) is 4.39 Å². The quantitative estimate of drug-likeness (QED) is 0.725. The van der Waals surface area contributed by atoms with Gasteiger partial charge in [0.05, 0.1) is 0 Å². The average molecular weight is 265 g/mol. The molecule has 0 unspecified atom stereocenters. The van der Waals surface area contributed by atoms with Crippen molar-refractivity contribution < 1.29 is 4.39 Å². The number of rotatable bonds is 4. The Hall–Kier alpha value is -2.35. The zero-order valence-corrected chi connectivity index (χ0v) is 11.1. The summed E-state index contributed by atoms with van der Waals surface area (Å²) in [7, 11) is 0. The predicted molar refractivity (Wildman–Crippen MR) is 82.5 cm³/mol. The normalized spacial score (nSPS) is 10.7. The van der Waals surface area contributed by atoms with E-state index in [1.807, 2.05) is 18.2 Å². The van der Waals surface area contributed by atoms with Gasteiger partial charge in [0.1, 0.15) is 5.82 Å². The Kier molecular flexibility index (Phi) is 3.64. The Morgan fingerprint density at radius 1 is 0.800 bits per heavy atom.